The van der Waals surface area contributed by atoms with Crippen molar-refractivity contribution in [1.29, 1.82) is 0 Å². The maximum absolute atomic E-state index is 12.0. The normalized spacial score (nSPS) is 18.5. The molecule has 0 saturated heterocycles. The number of hydrogen-bond donors (Lipinski definition) is 3. The van der Waals surface area contributed by atoms with E-state index in [2.05, 4.69) is 15.6 Å². The van der Waals surface area contributed by atoms with E-state index < -0.39 is 5.60 Å². The minimum absolute atomic E-state index is 0.260. The smallest absolute Gasteiger partial charge is 0.273 e. The van der Waals surface area contributed by atoms with E-state index in [1.165, 1.54) is 4.68 Å². The second kappa shape index (κ2) is 6.81. The highest BCUT2D eigenvalue weighted by atomic mass is 16.3. The van der Waals surface area contributed by atoms with Gasteiger partial charge >= 0.3 is 0 Å². The van der Waals surface area contributed by atoms with Crippen LogP contribution in [0.25, 0.3) is 0 Å². The number of rotatable bonds is 5. The summed E-state index contributed by atoms with van der Waals surface area (Å²) in [5, 5.41) is 20.8. The van der Waals surface area contributed by atoms with E-state index in [1.54, 1.807) is 6.20 Å². The zero-order chi connectivity index (χ0) is 14.4. The van der Waals surface area contributed by atoms with E-state index >= 15 is 0 Å². The number of carbonyl (C=O) groups excluding carboxylic acids is 1. The maximum Gasteiger partial charge on any atom is 0.273 e. The van der Waals surface area contributed by atoms with Crippen LogP contribution in [0.5, 0.6) is 0 Å². The zero-order valence-corrected chi connectivity index (χ0v) is 11.7. The molecule has 1 aromatic heterocycles. The molecule has 1 saturated carbocycles. The van der Waals surface area contributed by atoms with Crippen LogP contribution in [0.15, 0.2) is 6.20 Å². The molecule has 112 valence electrons. The van der Waals surface area contributed by atoms with Crippen LogP contribution in [0.3, 0.4) is 0 Å². The Labute approximate surface area is 118 Å². The van der Waals surface area contributed by atoms with Crippen LogP contribution in [-0.2, 0) is 6.54 Å². The van der Waals surface area contributed by atoms with Crippen LogP contribution in [0.1, 0.15) is 49.0 Å². The third-order valence-electron chi connectivity index (χ3n) is 3.74. The van der Waals surface area contributed by atoms with E-state index in [0.717, 1.165) is 38.5 Å². The number of amides is 1. The summed E-state index contributed by atoms with van der Waals surface area (Å²) in [7, 11) is 0. The molecule has 20 heavy (non-hydrogen) atoms. The summed E-state index contributed by atoms with van der Waals surface area (Å²) in [4.78, 5) is 12.0. The summed E-state index contributed by atoms with van der Waals surface area (Å²) < 4.78 is 1.54. The second-order valence-electron chi connectivity index (χ2n) is 5.48. The Bertz CT molecular complexity index is 438. The number of aliphatic hydroxyl groups is 1. The number of hydrogen-bond acceptors (Lipinski definition) is 5. The monoisotopic (exact) mass is 281 g/mol. The third kappa shape index (κ3) is 4.01. The molecule has 0 unspecified atom stereocenters. The Morgan fingerprint density at radius 3 is 2.75 bits per heavy atom. The molecule has 1 aliphatic rings. The van der Waals surface area contributed by atoms with Gasteiger partial charge in [-0.25, -0.2) is 0 Å². The Hall–Kier alpha value is -1.47. The van der Waals surface area contributed by atoms with Crippen LogP contribution >= 0.6 is 0 Å². The van der Waals surface area contributed by atoms with Gasteiger partial charge in [-0.15, -0.1) is 5.10 Å². The van der Waals surface area contributed by atoms with E-state index in [-0.39, 0.29) is 18.1 Å². The number of carbonyl (C=O) groups is 1. The van der Waals surface area contributed by atoms with Crippen LogP contribution < -0.4 is 11.1 Å². The van der Waals surface area contributed by atoms with Crippen LogP contribution in [0, 0.1) is 0 Å². The highest BCUT2D eigenvalue weighted by Crippen LogP contribution is 2.26. The van der Waals surface area contributed by atoms with E-state index in [0.29, 0.717) is 13.1 Å². The van der Waals surface area contributed by atoms with Gasteiger partial charge in [0.1, 0.15) is 0 Å². The fourth-order valence-electron chi connectivity index (χ4n) is 2.54. The minimum atomic E-state index is -0.778. The lowest BCUT2D eigenvalue weighted by Gasteiger charge is -2.26. The maximum atomic E-state index is 12.0. The lowest BCUT2D eigenvalue weighted by atomic mass is 9.94. The van der Waals surface area contributed by atoms with Gasteiger partial charge in [0, 0.05) is 13.1 Å². The Balaban J connectivity index is 1.87. The molecule has 0 spiro atoms. The molecule has 1 aromatic rings. The van der Waals surface area contributed by atoms with Crippen molar-refractivity contribution in [2.24, 2.45) is 5.73 Å². The van der Waals surface area contributed by atoms with Crippen molar-refractivity contribution < 1.29 is 9.90 Å². The quantitative estimate of drug-likeness (QED) is 0.661. The highest BCUT2D eigenvalue weighted by molar-refractivity contribution is 5.91. The molecule has 7 nitrogen and oxygen atoms in total. The Morgan fingerprint density at radius 1 is 1.40 bits per heavy atom. The number of aromatic nitrogens is 3. The predicted molar refractivity (Wildman–Crippen MR) is 74.1 cm³/mol. The summed E-state index contributed by atoms with van der Waals surface area (Å²) >= 11 is 0. The van der Waals surface area contributed by atoms with Gasteiger partial charge in [0.05, 0.1) is 18.3 Å². The van der Waals surface area contributed by atoms with Crippen LogP contribution in [-0.4, -0.2) is 44.7 Å². The standard InChI is InChI=1S/C13H23N5O2/c14-7-8-18-9-11(16-17-18)12(19)15-10-13(20)5-3-1-2-4-6-13/h9,20H,1-8,10,14H2,(H,15,19). The van der Waals surface area contributed by atoms with Gasteiger partial charge in [-0.05, 0) is 12.8 Å². The van der Waals surface area contributed by atoms with Crippen LogP contribution in [0.2, 0.25) is 0 Å². The molecule has 1 aliphatic carbocycles. The molecule has 0 bridgehead atoms. The molecule has 2 rings (SSSR count). The number of nitrogens with two attached hydrogens (primary N) is 1. The fraction of sp³-hybridized carbons (Fsp3) is 0.769. The molecule has 1 heterocycles. The minimum Gasteiger partial charge on any atom is -0.388 e. The molecule has 0 aromatic carbocycles. The van der Waals surface area contributed by atoms with Crippen molar-refractivity contribution >= 4 is 5.91 Å². The summed E-state index contributed by atoms with van der Waals surface area (Å²) in [6, 6.07) is 0. The van der Waals surface area contributed by atoms with Crippen LogP contribution in [0.4, 0.5) is 0 Å². The van der Waals surface area contributed by atoms with E-state index in [9.17, 15) is 9.90 Å². The molecule has 1 amide bonds. The SMILES string of the molecule is NCCn1cc(C(=O)NCC2(O)CCCCCC2)nn1. The van der Waals surface area contributed by atoms with Gasteiger partial charge in [-0.1, -0.05) is 30.9 Å². The zero-order valence-electron chi connectivity index (χ0n) is 11.7. The lowest BCUT2D eigenvalue weighted by molar-refractivity contribution is 0.0246. The Kier molecular flexibility index (Phi) is 5.08. The van der Waals surface area contributed by atoms with Gasteiger partial charge in [0.2, 0.25) is 0 Å². The third-order valence-corrected chi connectivity index (χ3v) is 3.74. The molecule has 1 fully saturated rings. The molecule has 0 radical (unpaired) electrons. The molecule has 0 aliphatic heterocycles. The van der Waals surface area contributed by atoms with Gasteiger partial charge in [-0.3, -0.25) is 9.48 Å². The van der Waals surface area contributed by atoms with Gasteiger partial charge < -0.3 is 16.2 Å². The second-order valence-corrected chi connectivity index (χ2v) is 5.48. The van der Waals surface area contributed by atoms with Gasteiger partial charge in [0.25, 0.3) is 5.91 Å². The first-order valence-electron chi connectivity index (χ1n) is 7.24. The first-order valence-corrected chi connectivity index (χ1v) is 7.24. The number of nitrogens with one attached hydrogen (secondary N) is 1. The van der Waals surface area contributed by atoms with Crippen molar-refractivity contribution in [3.63, 3.8) is 0 Å². The van der Waals surface area contributed by atoms with E-state index in [4.69, 9.17) is 5.73 Å². The highest BCUT2D eigenvalue weighted by Gasteiger charge is 2.28. The summed E-state index contributed by atoms with van der Waals surface area (Å²) in [5.74, 6) is -0.300. The fourth-order valence-corrected chi connectivity index (χ4v) is 2.54. The summed E-state index contributed by atoms with van der Waals surface area (Å²) in [6.45, 7) is 1.25. The largest absolute Gasteiger partial charge is 0.388 e. The number of nitrogens with zero attached hydrogens (tertiary/aromatic N) is 3. The van der Waals surface area contributed by atoms with Crippen molar-refractivity contribution in [2.75, 3.05) is 13.1 Å². The van der Waals surface area contributed by atoms with Gasteiger partial charge in [0.15, 0.2) is 5.69 Å². The average molecular weight is 281 g/mol. The van der Waals surface area contributed by atoms with Crippen molar-refractivity contribution in [2.45, 2.75) is 50.7 Å². The molecule has 4 N–H and O–H groups in total. The van der Waals surface area contributed by atoms with Crippen molar-refractivity contribution in [1.82, 2.24) is 20.3 Å². The Morgan fingerprint density at radius 2 is 2.10 bits per heavy atom. The van der Waals surface area contributed by atoms with E-state index in [1.807, 2.05) is 0 Å². The summed E-state index contributed by atoms with van der Waals surface area (Å²) in [6.07, 6.45) is 7.39. The first-order chi connectivity index (χ1) is 9.63. The lowest BCUT2D eigenvalue weighted by Crippen LogP contribution is -2.42. The molecular weight excluding hydrogens is 258 g/mol. The van der Waals surface area contributed by atoms with Crippen molar-refractivity contribution in [3.8, 4) is 0 Å². The summed E-state index contributed by atoms with van der Waals surface area (Å²) in [5.41, 5.74) is 4.89. The predicted octanol–water partition coefficient (Wildman–Crippen LogP) is 0.0519. The molecular formula is C13H23N5O2. The molecule has 0 atom stereocenters. The topological polar surface area (TPSA) is 106 Å². The first kappa shape index (κ1) is 14.9. The van der Waals surface area contributed by atoms with Crippen molar-refractivity contribution in [3.05, 3.63) is 11.9 Å². The van der Waals surface area contributed by atoms with Gasteiger partial charge in [-0.2, -0.15) is 0 Å². The molecule has 7 heteroatoms. The average Bonchev–Trinajstić information content (AvgIpc) is 2.79.